The number of aromatic nitrogens is 1. The number of Topliss-reactive ketones (excluding diaryl/α,β-unsaturated/α-hetero) is 1. The molecule has 0 saturated carbocycles. The minimum atomic E-state index is -0.185. The number of hydrogen-bond acceptors (Lipinski definition) is 5. The molecule has 0 spiro atoms. The van der Waals surface area contributed by atoms with Gasteiger partial charge in [0, 0.05) is 15.8 Å². The molecule has 0 aromatic carbocycles. The molecule has 0 radical (unpaired) electrons. The lowest BCUT2D eigenvalue weighted by Crippen LogP contribution is -2.12. The summed E-state index contributed by atoms with van der Waals surface area (Å²) in [6, 6.07) is 1.64. The Labute approximate surface area is 137 Å². The number of nitrogens with one attached hydrogen (secondary N) is 1. The summed E-state index contributed by atoms with van der Waals surface area (Å²) in [5.41, 5.74) is 1.72. The third-order valence-electron chi connectivity index (χ3n) is 4.07. The second-order valence-electron chi connectivity index (χ2n) is 5.62. The molecule has 0 saturated heterocycles. The molecule has 22 heavy (non-hydrogen) atoms. The van der Waals surface area contributed by atoms with Crippen LogP contribution in [-0.4, -0.2) is 16.7 Å². The van der Waals surface area contributed by atoms with Crippen molar-refractivity contribution in [2.24, 2.45) is 5.92 Å². The number of aryl methyl sites for hydroxylation is 1. The first-order valence-electron chi connectivity index (χ1n) is 7.46. The number of carbonyl (C=O) groups is 2. The topological polar surface area (TPSA) is 59.1 Å². The van der Waals surface area contributed by atoms with Crippen LogP contribution in [0.4, 0.5) is 5.13 Å². The summed E-state index contributed by atoms with van der Waals surface area (Å²) < 4.78 is 0. The van der Waals surface area contributed by atoms with Crippen LogP contribution in [-0.2, 0) is 12.8 Å². The summed E-state index contributed by atoms with van der Waals surface area (Å²) >= 11 is 2.87. The van der Waals surface area contributed by atoms with Crippen LogP contribution in [0.25, 0.3) is 0 Å². The van der Waals surface area contributed by atoms with Crippen molar-refractivity contribution >= 4 is 39.5 Å². The summed E-state index contributed by atoms with van der Waals surface area (Å²) in [6.07, 6.45) is 4.47. The second-order valence-corrected chi connectivity index (χ2v) is 7.61. The van der Waals surface area contributed by atoms with Crippen LogP contribution in [0.1, 0.15) is 57.3 Å². The molecular weight excluding hydrogens is 316 g/mol. The highest BCUT2D eigenvalue weighted by Gasteiger charge is 2.22. The van der Waals surface area contributed by atoms with E-state index in [-0.39, 0.29) is 11.7 Å². The summed E-state index contributed by atoms with van der Waals surface area (Å²) in [5, 5.41) is 5.26. The lowest BCUT2D eigenvalue weighted by Gasteiger charge is -2.18. The Morgan fingerprint density at radius 1 is 1.45 bits per heavy atom. The number of carbonyl (C=O) groups excluding carboxylic acids is 2. The molecule has 1 aliphatic carbocycles. The van der Waals surface area contributed by atoms with E-state index in [9.17, 15) is 9.59 Å². The third kappa shape index (κ3) is 3.13. The first-order chi connectivity index (χ1) is 10.6. The average Bonchev–Trinajstić information content (AvgIpc) is 3.12. The minimum Gasteiger partial charge on any atom is -0.297 e. The number of ketones is 1. The Bertz CT molecular complexity index is 718. The number of rotatable bonds is 4. The van der Waals surface area contributed by atoms with Gasteiger partial charge in [-0.2, -0.15) is 0 Å². The van der Waals surface area contributed by atoms with Gasteiger partial charge in [-0.25, -0.2) is 4.98 Å². The Morgan fingerprint density at radius 3 is 2.95 bits per heavy atom. The van der Waals surface area contributed by atoms with Gasteiger partial charge in [-0.3, -0.25) is 14.9 Å². The van der Waals surface area contributed by atoms with Crippen molar-refractivity contribution < 1.29 is 9.59 Å². The quantitative estimate of drug-likeness (QED) is 0.854. The molecule has 2 aromatic rings. The molecule has 1 atom stereocenters. The molecular formula is C16H18N2O2S2. The number of nitrogens with zero attached hydrogens (tertiary/aromatic N) is 1. The zero-order valence-corrected chi connectivity index (χ0v) is 14.3. The van der Waals surface area contributed by atoms with E-state index in [4.69, 9.17) is 0 Å². The molecule has 2 heterocycles. The lowest BCUT2D eigenvalue weighted by molar-refractivity contribution is 0.101. The fourth-order valence-electron chi connectivity index (χ4n) is 2.64. The van der Waals surface area contributed by atoms with Crippen LogP contribution in [0.5, 0.6) is 0 Å². The molecule has 1 aliphatic rings. The van der Waals surface area contributed by atoms with Crippen molar-refractivity contribution in [2.75, 3.05) is 5.32 Å². The molecule has 1 amide bonds. The van der Waals surface area contributed by atoms with Gasteiger partial charge in [-0.1, -0.05) is 13.3 Å². The normalized spacial score (nSPS) is 17.1. The maximum absolute atomic E-state index is 12.2. The molecule has 1 unspecified atom stereocenters. The van der Waals surface area contributed by atoms with Gasteiger partial charge < -0.3 is 0 Å². The van der Waals surface area contributed by atoms with Crippen molar-refractivity contribution in [3.8, 4) is 0 Å². The molecule has 0 fully saturated rings. The number of thiophene rings is 1. The zero-order chi connectivity index (χ0) is 15.7. The molecule has 0 bridgehead atoms. The Morgan fingerprint density at radius 2 is 2.27 bits per heavy atom. The van der Waals surface area contributed by atoms with Gasteiger partial charge in [0.05, 0.1) is 10.6 Å². The SMILES string of the molecule is CCC1CCc2nc(NC(=O)c3cc(C(C)=O)cs3)sc2C1. The molecule has 0 aliphatic heterocycles. The van der Waals surface area contributed by atoms with Gasteiger partial charge in [0.1, 0.15) is 0 Å². The van der Waals surface area contributed by atoms with Crippen molar-refractivity contribution in [1.82, 2.24) is 4.98 Å². The first kappa shape index (κ1) is 15.4. The third-order valence-corrected chi connectivity index (χ3v) is 6.03. The first-order valence-corrected chi connectivity index (χ1v) is 9.15. The van der Waals surface area contributed by atoms with Crippen molar-refractivity contribution in [2.45, 2.75) is 39.5 Å². The van der Waals surface area contributed by atoms with Crippen LogP contribution in [0.15, 0.2) is 11.4 Å². The van der Waals surface area contributed by atoms with Gasteiger partial charge in [0.25, 0.3) is 5.91 Å². The predicted octanol–water partition coefficient (Wildman–Crippen LogP) is 4.17. The van der Waals surface area contributed by atoms with E-state index in [0.29, 0.717) is 15.6 Å². The highest BCUT2D eigenvalue weighted by molar-refractivity contribution is 7.16. The van der Waals surface area contributed by atoms with Crippen LogP contribution in [0, 0.1) is 5.92 Å². The monoisotopic (exact) mass is 334 g/mol. The van der Waals surface area contributed by atoms with E-state index >= 15 is 0 Å². The molecule has 4 nitrogen and oxygen atoms in total. The Balaban J connectivity index is 1.72. The standard InChI is InChI=1S/C16H18N2O2S2/c1-3-10-4-5-12-13(6-10)22-16(17-12)18-15(20)14-7-11(8-21-14)9(2)19/h7-8,10H,3-6H2,1-2H3,(H,17,18,20). The summed E-state index contributed by atoms with van der Waals surface area (Å²) in [7, 11) is 0. The number of anilines is 1. The van der Waals surface area contributed by atoms with Crippen molar-refractivity contribution in [3.63, 3.8) is 0 Å². The number of thiazole rings is 1. The van der Waals surface area contributed by atoms with Crippen LogP contribution < -0.4 is 5.32 Å². The molecule has 116 valence electrons. The molecule has 6 heteroatoms. The minimum absolute atomic E-state index is 0.0226. The highest BCUT2D eigenvalue weighted by Crippen LogP contribution is 2.33. The molecule has 1 N–H and O–H groups in total. The van der Waals surface area contributed by atoms with Gasteiger partial charge in [0.15, 0.2) is 10.9 Å². The van der Waals surface area contributed by atoms with E-state index < -0.39 is 0 Å². The summed E-state index contributed by atoms with van der Waals surface area (Å²) in [5.74, 6) is 0.535. The Kier molecular flexibility index (Phi) is 4.40. The average molecular weight is 334 g/mol. The lowest BCUT2D eigenvalue weighted by atomic mass is 9.89. The largest absolute Gasteiger partial charge is 0.297 e. The number of amides is 1. The zero-order valence-electron chi connectivity index (χ0n) is 12.6. The van der Waals surface area contributed by atoms with Gasteiger partial charge in [-0.15, -0.1) is 22.7 Å². The summed E-state index contributed by atoms with van der Waals surface area (Å²) in [4.78, 5) is 29.9. The van der Waals surface area contributed by atoms with Crippen LogP contribution in [0.2, 0.25) is 0 Å². The van der Waals surface area contributed by atoms with Crippen LogP contribution in [0.3, 0.4) is 0 Å². The number of hydrogen-bond donors (Lipinski definition) is 1. The number of fused-ring (bicyclic) bond motifs is 1. The Hall–Kier alpha value is -1.53. The maximum atomic E-state index is 12.2. The van der Waals surface area contributed by atoms with Crippen LogP contribution >= 0.6 is 22.7 Å². The van der Waals surface area contributed by atoms with Gasteiger partial charge >= 0.3 is 0 Å². The summed E-state index contributed by atoms with van der Waals surface area (Å²) in [6.45, 7) is 3.73. The highest BCUT2D eigenvalue weighted by atomic mass is 32.1. The van der Waals surface area contributed by atoms with E-state index in [0.717, 1.165) is 24.5 Å². The van der Waals surface area contributed by atoms with Gasteiger partial charge in [-0.05, 0) is 38.2 Å². The van der Waals surface area contributed by atoms with Gasteiger partial charge in [0.2, 0.25) is 0 Å². The van der Waals surface area contributed by atoms with E-state index in [1.807, 2.05) is 0 Å². The fourth-order valence-corrected chi connectivity index (χ4v) is 4.60. The van der Waals surface area contributed by atoms with Crippen molar-refractivity contribution in [3.05, 3.63) is 32.5 Å². The van der Waals surface area contributed by atoms with E-state index in [2.05, 4.69) is 17.2 Å². The van der Waals surface area contributed by atoms with E-state index in [1.165, 1.54) is 36.0 Å². The van der Waals surface area contributed by atoms with Crippen molar-refractivity contribution in [1.29, 1.82) is 0 Å². The predicted molar refractivity (Wildman–Crippen MR) is 90.2 cm³/mol. The molecule has 3 rings (SSSR count). The fraction of sp³-hybridized carbons (Fsp3) is 0.438. The maximum Gasteiger partial charge on any atom is 0.267 e. The smallest absolute Gasteiger partial charge is 0.267 e. The second kappa shape index (κ2) is 6.30. The van der Waals surface area contributed by atoms with E-state index in [1.54, 1.807) is 22.8 Å². The molecule has 2 aromatic heterocycles.